The molecule has 0 aliphatic carbocycles. The lowest BCUT2D eigenvalue weighted by atomic mass is 9.99. The van der Waals surface area contributed by atoms with E-state index >= 15 is 0 Å². The van der Waals surface area contributed by atoms with E-state index in [-0.39, 0.29) is 11.2 Å². The summed E-state index contributed by atoms with van der Waals surface area (Å²) >= 11 is 6.05. The van der Waals surface area contributed by atoms with E-state index in [1.807, 2.05) is 13.8 Å². The standard InChI is InChI=1S/C15H29ClO3/c1-7-14(5,8-2)18-13(12(16)11-17)19-15(6,9-3)10-4/h11-13H,7-10H2,1-6H3. The van der Waals surface area contributed by atoms with Crippen LogP contribution in [-0.2, 0) is 14.3 Å². The second kappa shape index (κ2) is 8.23. The van der Waals surface area contributed by atoms with E-state index in [9.17, 15) is 4.79 Å². The molecule has 0 aliphatic heterocycles. The molecule has 0 spiro atoms. The second-order valence-electron chi connectivity index (χ2n) is 5.50. The first kappa shape index (κ1) is 18.9. The molecule has 0 amide bonds. The molecule has 1 atom stereocenters. The van der Waals surface area contributed by atoms with Gasteiger partial charge in [0.15, 0.2) is 6.29 Å². The van der Waals surface area contributed by atoms with Crippen LogP contribution < -0.4 is 0 Å². The van der Waals surface area contributed by atoms with Crippen molar-refractivity contribution in [2.24, 2.45) is 0 Å². The first-order valence-corrected chi connectivity index (χ1v) is 7.68. The van der Waals surface area contributed by atoms with Crippen LogP contribution in [0.2, 0.25) is 0 Å². The number of hydrogen-bond acceptors (Lipinski definition) is 3. The third-order valence-corrected chi connectivity index (χ3v) is 4.49. The van der Waals surface area contributed by atoms with Crippen LogP contribution in [0.4, 0.5) is 0 Å². The van der Waals surface area contributed by atoms with Gasteiger partial charge in [0.2, 0.25) is 0 Å². The van der Waals surface area contributed by atoms with E-state index in [0.29, 0.717) is 6.29 Å². The fourth-order valence-electron chi connectivity index (χ4n) is 1.61. The Bertz CT molecular complexity index is 240. The predicted octanol–water partition coefficient (Wildman–Crippen LogP) is 4.31. The number of rotatable bonds is 10. The third-order valence-electron chi connectivity index (χ3n) is 4.18. The van der Waals surface area contributed by atoms with Crippen molar-refractivity contribution in [3.63, 3.8) is 0 Å². The summed E-state index contributed by atoms with van der Waals surface area (Å²) in [4.78, 5) is 11.0. The highest BCUT2D eigenvalue weighted by Crippen LogP contribution is 2.29. The molecule has 114 valence electrons. The Morgan fingerprint density at radius 3 is 1.47 bits per heavy atom. The van der Waals surface area contributed by atoms with Crippen LogP contribution in [0.15, 0.2) is 0 Å². The van der Waals surface area contributed by atoms with Crippen LogP contribution in [-0.4, -0.2) is 29.2 Å². The van der Waals surface area contributed by atoms with Gasteiger partial charge in [0.05, 0.1) is 11.2 Å². The molecule has 4 heteroatoms. The minimum Gasteiger partial charge on any atom is -0.344 e. The highest BCUT2D eigenvalue weighted by molar-refractivity contribution is 6.27. The first-order valence-electron chi connectivity index (χ1n) is 7.24. The largest absolute Gasteiger partial charge is 0.344 e. The number of carbonyl (C=O) groups excluding carboxylic acids is 1. The Kier molecular flexibility index (Phi) is 8.18. The highest BCUT2D eigenvalue weighted by atomic mass is 35.5. The zero-order chi connectivity index (χ0) is 15.1. The predicted molar refractivity (Wildman–Crippen MR) is 79.6 cm³/mol. The average molecular weight is 293 g/mol. The topological polar surface area (TPSA) is 35.5 Å². The van der Waals surface area contributed by atoms with Gasteiger partial charge in [0.1, 0.15) is 11.7 Å². The van der Waals surface area contributed by atoms with E-state index < -0.39 is 11.7 Å². The zero-order valence-corrected chi connectivity index (χ0v) is 13.9. The molecule has 0 heterocycles. The summed E-state index contributed by atoms with van der Waals surface area (Å²) in [6.45, 7) is 12.3. The molecule has 0 N–H and O–H groups in total. The van der Waals surface area contributed by atoms with Crippen LogP contribution in [0.1, 0.15) is 67.2 Å². The molecule has 0 aromatic carbocycles. The van der Waals surface area contributed by atoms with Crippen LogP contribution in [0.25, 0.3) is 0 Å². The number of hydrogen-bond donors (Lipinski definition) is 0. The van der Waals surface area contributed by atoms with Crippen molar-refractivity contribution in [3.05, 3.63) is 0 Å². The van der Waals surface area contributed by atoms with Gasteiger partial charge in [-0.3, -0.25) is 0 Å². The van der Waals surface area contributed by atoms with Crippen molar-refractivity contribution in [2.45, 2.75) is 90.1 Å². The van der Waals surface area contributed by atoms with Crippen molar-refractivity contribution in [1.29, 1.82) is 0 Å². The molecular formula is C15H29ClO3. The van der Waals surface area contributed by atoms with Gasteiger partial charge < -0.3 is 14.3 Å². The fourth-order valence-corrected chi connectivity index (χ4v) is 1.72. The van der Waals surface area contributed by atoms with Gasteiger partial charge in [-0.1, -0.05) is 27.7 Å². The molecule has 0 saturated heterocycles. The maximum Gasteiger partial charge on any atom is 0.181 e. The Morgan fingerprint density at radius 2 is 1.26 bits per heavy atom. The maximum atomic E-state index is 11.0. The van der Waals surface area contributed by atoms with Gasteiger partial charge in [-0.2, -0.15) is 0 Å². The lowest BCUT2D eigenvalue weighted by Crippen LogP contribution is -2.44. The molecule has 0 saturated carbocycles. The van der Waals surface area contributed by atoms with Gasteiger partial charge in [0, 0.05) is 0 Å². The van der Waals surface area contributed by atoms with Crippen LogP contribution >= 0.6 is 11.6 Å². The molecule has 0 aliphatic rings. The van der Waals surface area contributed by atoms with E-state index in [4.69, 9.17) is 21.1 Å². The second-order valence-corrected chi connectivity index (χ2v) is 6.00. The molecule has 0 radical (unpaired) electrons. The molecule has 19 heavy (non-hydrogen) atoms. The van der Waals surface area contributed by atoms with E-state index in [1.165, 1.54) is 0 Å². The Labute approximate surface area is 123 Å². The Balaban J connectivity index is 4.97. The van der Waals surface area contributed by atoms with Gasteiger partial charge in [0.25, 0.3) is 0 Å². The SMILES string of the molecule is CCC(C)(CC)OC(OC(C)(CC)CC)C(Cl)C=O. The van der Waals surface area contributed by atoms with E-state index in [1.54, 1.807) is 0 Å². The third kappa shape index (κ3) is 5.80. The molecule has 0 aromatic heterocycles. The summed E-state index contributed by atoms with van der Waals surface area (Å²) in [5, 5.41) is -0.783. The Morgan fingerprint density at radius 1 is 0.947 bits per heavy atom. The zero-order valence-electron chi connectivity index (χ0n) is 13.2. The summed E-state index contributed by atoms with van der Waals surface area (Å²) in [5.41, 5.74) is -0.633. The number of carbonyl (C=O) groups is 1. The summed E-state index contributed by atoms with van der Waals surface area (Å²) in [5.74, 6) is 0. The van der Waals surface area contributed by atoms with Crippen LogP contribution in [0, 0.1) is 0 Å². The minimum atomic E-state index is -0.783. The minimum absolute atomic E-state index is 0.316. The molecule has 0 bridgehead atoms. The first-order chi connectivity index (χ1) is 8.79. The number of halogens is 1. The lowest BCUT2D eigenvalue weighted by molar-refractivity contribution is -0.249. The average Bonchev–Trinajstić information content (AvgIpc) is 2.45. The van der Waals surface area contributed by atoms with Gasteiger partial charge >= 0.3 is 0 Å². The van der Waals surface area contributed by atoms with Crippen LogP contribution in [0.3, 0.4) is 0 Å². The quantitative estimate of drug-likeness (QED) is 0.342. The number of aldehydes is 1. The summed E-state index contributed by atoms with van der Waals surface area (Å²) in [7, 11) is 0. The Hall–Kier alpha value is -0.120. The highest BCUT2D eigenvalue weighted by Gasteiger charge is 2.35. The van der Waals surface area contributed by atoms with Gasteiger partial charge in [-0.05, 0) is 39.5 Å². The normalized spacial score (nSPS) is 14.7. The van der Waals surface area contributed by atoms with Crippen molar-refractivity contribution in [2.75, 3.05) is 0 Å². The van der Waals surface area contributed by atoms with E-state index in [2.05, 4.69) is 27.7 Å². The monoisotopic (exact) mass is 292 g/mol. The molecule has 0 rings (SSSR count). The van der Waals surface area contributed by atoms with Crippen molar-refractivity contribution < 1.29 is 14.3 Å². The van der Waals surface area contributed by atoms with Crippen molar-refractivity contribution in [3.8, 4) is 0 Å². The molecule has 0 aromatic rings. The molecule has 1 unspecified atom stereocenters. The van der Waals surface area contributed by atoms with Gasteiger partial charge in [-0.25, -0.2) is 0 Å². The molecular weight excluding hydrogens is 264 g/mol. The number of ether oxygens (including phenoxy) is 2. The van der Waals surface area contributed by atoms with Crippen LogP contribution in [0.5, 0.6) is 0 Å². The smallest absolute Gasteiger partial charge is 0.181 e. The molecule has 0 fully saturated rings. The van der Waals surface area contributed by atoms with Crippen molar-refractivity contribution in [1.82, 2.24) is 0 Å². The van der Waals surface area contributed by atoms with Gasteiger partial charge in [-0.15, -0.1) is 11.6 Å². The molecule has 3 nitrogen and oxygen atoms in total. The maximum absolute atomic E-state index is 11.0. The summed E-state index contributed by atoms with van der Waals surface area (Å²) < 4.78 is 12.0. The van der Waals surface area contributed by atoms with E-state index in [0.717, 1.165) is 25.7 Å². The summed E-state index contributed by atoms with van der Waals surface area (Å²) in [6.07, 6.45) is 3.38. The lowest BCUT2D eigenvalue weighted by Gasteiger charge is -2.38. The summed E-state index contributed by atoms with van der Waals surface area (Å²) in [6, 6.07) is 0. The number of alkyl halides is 1. The fraction of sp³-hybridized carbons (Fsp3) is 0.933. The van der Waals surface area contributed by atoms with Crippen molar-refractivity contribution >= 4 is 17.9 Å².